The number of likely N-dealkylation sites (tertiary alicyclic amines) is 1. The van der Waals surface area contributed by atoms with E-state index in [1.54, 1.807) is 0 Å². The fourth-order valence-electron chi connectivity index (χ4n) is 2.35. The molecule has 1 aliphatic carbocycles. The van der Waals surface area contributed by atoms with Crippen LogP contribution in [0.4, 0.5) is 0 Å². The molecule has 2 nitrogen and oxygen atoms in total. The lowest BCUT2D eigenvalue weighted by molar-refractivity contribution is -0.135. The maximum Gasteiger partial charge on any atom is 0.134 e. The second-order valence-electron chi connectivity index (χ2n) is 4.19. The van der Waals surface area contributed by atoms with Gasteiger partial charge in [-0.05, 0) is 37.8 Å². The topological polar surface area (TPSA) is 20.3 Å². The Balaban J connectivity index is 1.86. The van der Waals surface area contributed by atoms with Crippen molar-refractivity contribution in [3.63, 3.8) is 0 Å². The Bertz CT molecular complexity index is 187. The molecule has 2 radical (unpaired) electrons. The van der Waals surface area contributed by atoms with E-state index < -0.39 is 0 Å². The van der Waals surface area contributed by atoms with Gasteiger partial charge >= 0.3 is 0 Å². The van der Waals surface area contributed by atoms with Crippen molar-refractivity contribution in [2.24, 2.45) is 5.41 Å². The zero-order valence-corrected chi connectivity index (χ0v) is 7.38. The van der Waals surface area contributed by atoms with Crippen LogP contribution in [0.2, 0.25) is 0 Å². The Labute approximate surface area is 74.7 Å². The highest BCUT2D eigenvalue weighted by Crippen LogP contribution is 2.46. The van der Waals surface area contributed by atoms with E-state index in [1.165, 1.54) is 12.8 Å². The van der Waals surface area contributed by atoms with Gasteiger partial charge in [0.15, 0.2) is 0 Å². The van der Waals surface area contributed by atoms with Crippen LogP contribution in [0.3, 0.4) is 0 Å². The van der Waals surface area contributed by atoms with Crippen LogP contribution < -0.4 is 0 Å². The van der Waals surface area contributed by atoms with Crippen LogP contribution in [0.5, 0.6) is 0 Å². The van der Waals surface area contributed by atoms with E-state index in [9.17, 15) is 4.79 Å². The Hall–Kier alpha value is -0.305. The van der Waals surface area contributed by atoms with Gasteiger partial charge in [-0.15, -0.1) is 0 Å². The summed E-state index contributed by atoms with van der Waals surface area (Å²) in [5, 5.41) is 0. The lowest BCUT2D eigenvalue weighted by Crippen LogP contribution is -2.47. The molecule has 12 heavy (non-hydrogen) atoms. The van der Waals surface area contributed by atoms with Crippen LogP contribution in [0, 0.1) is 5.41 Å². The predicted molar refractivity (Wildman–Crippen MR) is 48.1 cm³/mol. The molecule has 2 aliphatic rings. The number of Topliss-reactive ketones (excluding diaryl/α,β-unsaturated/α-hetero) is 1. The Morgan fingerprint density at radius 2 is 1.92 bits per heavy atom. The molecule has 0 bridgehead atoms. The van der Waals surface area contributed by atoms with Gasteiger partial charge < -0.3 is 4.90 Å². The van der Waals surface area contributed by atoms with Gasteiger partial charge in [0.25, 0.3) is 0 Å². The molecule has 0 unspecified atom stereocenters. The number of rotatable bonds is 1. The van der Waals surface area contributed by atoms with Crippen LogP contribution in [-0.4, -0.2) is 38.1 Å². The number of carbonyl (C=O) groups excluding carboxylic acids is 1. The number of hydrogen-bond donors (Lipinski definition) is 0. The molecule has 2 fully saturated rings. The summed E-state index contributed by atoms with van der Waals surface area (Å²) in [6.07, 6.45) is 4.70. The summed E-state index contributed by atoms with van der Waals surface area (Å²) in [7, 11) is 5.54. The van der Waals surface area contributed by atoms with E-state index in [0.29, 0.717) is 17.6 Å². The average Bonchev–Trinajstić information content (AvgIpc) is 2.04. The smallest absolute Gasteiger partial charge is 0.134 e. The van der Waals surface area contributed by atoms with Crippen molar-refractivity contribution in [3.05, 3.63) is 0 Å². The first-order valence-electron chi connectivity index (χ1n) is 4.68. The summed E-state index contributed by atoms with van der Waals surface area (Å²) in [5.74, 6) is 0.455. The Morgan fingerprint density at radius 1 is 1.33 bits per heavy atom. The largest absolute Gasteiger partial charge is 0.312 e. The van der Waals surface area contributed by atoms with Crippen molar-refractivity contribution in [1.82, 2.24) is 4.90 Å². The summed E-state index contributed by atoms with van der Waals surface area (Å²) >= 11 is 0. The highest BCUT2D eigenvalue weighted by Gasteiger charge is 2.44. The first-order chi connectivity index (χ1) is 5.74. The normalized spacial score (nSPS) is 28.8. The molecule has 0 N–H and O–H groups in total. The molecule has 2 rings (SSSR count). The second kappa shape index (κ2) is 2.88. The molecular formula is C9H14BNO. The molecule has 1 heterocycles. The molecule has 1 aliphatic heterocycles. The van der Waals surface area contributed by atoms with E-state index in [2.05, 4.69) is 4.90 Å². The summed E-state index contributed by atoms with van der Waals surface area (Å²) in [6, 6.07) is 0. The molecule has 0 atom stereocenters. The van der Waals surface area contributed by atoms with Gasteiger partial charge in [-0.3, -0.25) is 4.79 Å². The van der Waals surface area contributed by atoms with Gasteiger partial charge in [0.05, 0.1) is 7.85 Å². The van der Waals surface area contributed by atoms with Crippen molar-refractivity contribution in [2.75, 3.05) is 19.5 Å². The minimum absolute atomic E-state index is 0.406. The van der Waals surface area contributed by atoms with Gasteiger partial charge in [0.2, 0.25) is 0 Å². The van der Waals surface area contributed by atoms with Gasteiger partial charge in [-0.2, -0.15) is 0 Å². The van der Waals surface area contributed by atoms with E-state index in [4.69, 9.17) is 7.85 Å². The van der Waals surface area contributed by atoms with Gasteiger partial charge in [-0.1, -0.05) is 0 Å². The lowest BCUT2D eigenvalue weighted by atomic mass is 9.62. The number of nitrogens with zero attached hydrogens (tertiary/aromatic N) is 1. The summed E-state index contributed by atoms with van der Waals surface area (Å²) in [4.78, 5) is 13.1. The molecule has 1 saturated heterocycles. The lowest BCUT2D eigenvalue weighted by Gasteiger charge is -2.46. The third-order valence-electron chi connectivity index (χ3n) is 3.32. The fourth-order valence-corrected chi connectivity index (χ4v) is 2.35. The molecule has 0 aromatic heterocycles. The Morgan fingerprint density at radius 3 is 2.33 bits per heavy atom. The molecule has 0 amide bonds. The van der Waals surface area contributed by atoms with Crippen LogP contribution >= 0.6 is 0 Å². The summed E-state index contributed by atoms with van der Waals surface area (Å²) in [5.41, 5.74) is 0.406. The molecular weight excluding hydrogens is 149 g/mol. The van der Waals surface area contributed by atoms with Crippen molar-refractivity contribution >= 4 is 13.6 Å². The van der Waals surface area contributed by atoms with Gasteiger partial charge in [0, 0.05) is 12.8 Å². The fraction of sp³-hybridized carbons (Fsp3) is 0.889. The molecule has 1 saturated carbocycles. The first-order valence-corrected chi connectivity index (χ1v) is 4.68. The quantitative estimate of drug-likeness (QED) is 0.526. The zero-order valence-electron chi connectivity index (χ0n) is 7.38. The standard InChI is InChI=1S/C9H14BNO/c10-7-11-3-1-9(2-4-11)5-8(12)6-9/h1-7H2. The SMILES string of the molecule is [B]CN1CCC2(CC1)CC(=O)C2. The van der Waals surface area contributed by atoms with E-state index in [0.717, 1.165) is 25.9 Å². The minimum Gasteiger partial charge on any atom is -0.312 e. The van der Waals surface area contributed by atoms with Crippen LogP contribution in [0.15, 0.2) is 0 Å². The predicted octanol–water partition coefficient (Wildman–Crippen LogP) is 0.557. The molecule has 1 spiro atoms. The average molecular weight is 163 g/mol. The summed E-state index contributed by atoms with van der Waals surface area (Å²) in [6.45, 7) is 2.17. The number of carbonyl (C=O) groups is 1. The highest BCUT2D eigenvalue weighted by atomic mass is 16.1. The van der Waals surface area contributed by atoms with Crippen molar-refractivity contribution < 1.29 is 4.79 Å². The van der Waals surface area contributed by atoms with Crippen molar-refractivity contribution in [3.8, 4) is 0 Å². The van der Waals surface area contributed by atoms with Crippen molar-refractivity contribution in [1.29, 1.82) is 0 Å². The van der Waals surface area contributed by atoms with Crippen LogP contribution in [0.1, 0.15) is 25.7 Å². The zero-order chi connectivity index (χ0) is 8.60. The van der Waals surface area contributed by atoms with Gasteiger partial charge in [-0.25, -0.2) is 0 Å². The van der Waals surface area contributed by atoms with Crippen LogP contribution in [-0.2, 0) is 4.79 Å². The number of piperidine rings is 1. The van der Waals surface area contributed by atoms with Crippen molar-refractivity contribution in [2.45, 2.75) is 25.7 Å². The maximum absolute atomic E-state index is 10.9. The second-order valence-corrected chi connectivity index (χ2v) is 4.19. The molecule has 0 aromatic rings. The first kappa shape index (κ1) is 8.30. The number of ketones is 1. The molecule has 0 aromatic carbocycles. The minimum atomic E-state index is 0.406. The van der Waals surface area contributed by atoms with E-state index in [1.807, 2.05) is 0 Å². The molecule has 3 heteroatoms. The van der Waals surface area contributed by atoms with E-state index >= 15 is 0 Å². The summed E-state index contributed by atoms with van der Waals surface area (Å²) < 4.78 is 0. The maximum atomic E-state index is 10.9. The van der Waals surface area contributed by atoms with Gasteiger partial charge in [0.1, 0.15) is 5.78 Å². The Kier molecular flexibility index (Phi) is 1.99. The third kappa shape index (κ3) is 1.31. The van der Waals surface area contributed by atoms with E-state index in [-0.39, 0.29) is 0 Å². The number of hydrogen-bond acceptors (Lipinski definition) is 2. The molecule has 64 valence electrons. The third-order valence-corrected chi connectivity index (χ3v) is 3.32. The highest BCUT2D eigenvalue weighted by molar-refractivity contribution is 6.08. The van der Waals surface area contributed by atoms with Crippen LogP contribution in [0.25, 0.3) is 0 Å². The monoisotopic (exact) mass is 163 g/mol.